The Balaban J connectivity index is 1.85. The van der Waals surface area contributed by atoms with Gasteiger partial charge in [0.25, 0.3) is 5.91 Å². The van der Waals surface area contributed by atoms with E-state index in [0.717, 1.165) is 32.2 Å². The summed E-state index contributed by atoms with van der Waals surface area (Å²) < 4.78 is 5.11. The molecular weight excluding hydrogens is 388 g/mol. The van der Waals surface area contributed by atoms with Crippen LogP contribution in [0.2, 0.25) is 0 Å². The van der Waals surface area contributed by atoms with Crippen molar-refractivity contribution >= 4 is 11.8 Å². The topological polar surface area (TPSA) is 119 Å². The predicted molar refractivity (Wildman–Crippen MR) is 112 cm³/mol. The number of amides is 2. The van der Waals surface area contributed by atoms with Gasteiger partial charge in [-0.05, 0) is 37.0 Å². The molecule has 0 aromatic rings. The minimum atomic E-state index is -1.59. The number of nitrogens with zero attached hydrogens (tertiary/aromatic N) is 1. The van der Waals surface area contributed by atoms with Gasteiger partial charge in [0.2, 0.25) is 5.91 Å². The number of allylic oxidation sites excluding steroid dienone is 1. The standard InChI is InChI=1S/C22H38N2O6/c1-22(2,3)10-9-16(25)17(26)18(27)19(30-4)20(28)23-12-14-6-5-11-24(13-14)21(29)15-7-8-15/h9-10,14-19,25-27H,5-8,11-13H2,1-4H3,(H,23,28)/b10-9+/t14-,16+,17-,18+,19+/m0/s1. The Morgan fingerprint density at radius 1 is 1.17 bits per heavy atom. The fourth-order valence-electron chi connectivity index (χ4n) is 3.65. The van der Waals surface area contributed by atoms with Crippen LogP contribution in [-0.2, 0) is 14.3 Å². The Bertz CT molecular complexity index is 613. The molecule has 172 valence electrons. The molecule has 0 radical (unpaired) electrons. The lowest BCUT2D eigenvalue weighted by Crippen LogP contribution is -2.52. The normalized spacial score (nSPS) is 24.4. The molecular formula is C22H38N2O6. The first-order valence-electron chi connectivity index (χ1n) is 10.9. The number of hydrogen-bond donors (Lipinski definition) is 4. The first kappa shape index (κ1) is 24.8. The lowest BCUT2D eigenvalue weighted by molar-refractivity contribution is -0.149. The van der Waals surface area contributed by atoms with Crippen molar-refractivity contribution in [2.45, 2.75) is 70.9 Å². The van der Waals surface area contributed by atoms with Gasteiger partial charge >= 0.3 is 0 Å². The van der Waals surface area contributed by atoms with Gasteiger partial charge in [-0.3, -0.25) is 9.59 Å². The van der Waals surface area contributed by atoms with Crippen LogP contribution >= 0.6 is 0 Å². The average molecular weight is 427 g/mol. The Kier molecular flexibility index (Phi) is 8.85. The van der Waals surface area contributed by atoms with Crippen LogP contribution in [0.4, 0.5) is 0 Å². The zero-order valence-corrected chi connectivity index (χ0v) is 18.6. The van der Waals surface area contributed by atoms with Crippen LogP contribution < -0.4 is 5.32 Å². The summed E-state index contributed by atoms with van der Waals surface area (Å²) in [5.74, 6) is -0.00442. The van der Waals surface area contributed by atoms with E-state index in [2.05, 4.69) is 5.32 Å². The molecule has 5 atom stereocenters. The number of aliphatic hydroxyl groups is 3. The maximum atomic E-state index is 12.5. The van der Waals surface area contributed by atoms with Crippen molar-refractivity contribution in [3.63, 3.8) is 0 Å². The number of likely N-dealkylation sites (tertiary alicyclic amines) is 1. The fraction of sp³-hybridized carbons (Fsp3) is 0.818. The third-order valence-corrected chi connectivity index (χ3v) is 5.64. The number of carbonyl (C=O) groups is 2. The summed E-state index contributed by atoms with van der Waals surface area (Å²) >= 11 is 0. The highest BCUT2D eigenvalue weighted by Crippen LogP contribution is 2.32. The zero-order chi connectivity index (χ0) is 22.5. The lowest BCUT2D eigenvalue weighted by atomic mass is 9.94. The van der Waals surface area contributed by atoms with E-state index in [1.807, 2.05) is 25.7 Å². The Morgan fingerprint density at radius 3 is 2.40 bits per heavy atom. The highest BCUT2D eigenvalue weighted by Gasteiger charge is 2.37. The molecule has 1 aliphatic heterocycles. The molecule has 1 saturated heterocycles. The van der Waals surface area contributed by atoms with Crippen LogP contribution in [0.3, 0.4) is 0 Å². The molecule has 2 amide bonds. The summed E-state index contributed by atoms with van der Waals surface area (Å²) in [6.07, 6.45) is 1.10. The van der Waals surface area contributed by atoms with Crippen LogP contribution in [0.1, 0.15) is 46.5 Å². The monoisotopic (exact) mass is 426 g/mol. The zero-order valence-electron chi connectivity index (χ0n) is 18.6. The summed E-state index contributed by atoms with van der Waals surface area (Å²) in [5.41, 5.74) is -0.196. The maximum absolute atomic E-state index is 12.5. The van der Waals surface area contributed by atoms with E-state index in [1.165, 1.54) is 13.2 Å². The molecule has 30 heavy (non-hydrogen) atoms. The van der Waals surface area contributed by atoms with Crippen molar-refractivity contribution in [1.29, 1.82) is 0 Å². The minimum absolute atomic E-state index is 0.144. The molecule has 1 saturated carbocycles. The van der Waals surface area contributed by atoms with E-state index >= 15 is 0 Å². The molecule has 1 heterocycles. The average Bonchev–Trinajstić information content (AvgIpc) is 3.54. The third kappa shape index (κ3) is 7.34. The maximum Gasteiger partial charge on any atom is 0.251 e. The van der Waals surface area contributed by atoms with E-state index in [1.54, 1.807) is 6.08 Å². The summed E-state index contributed by atoms with van der Waals surface area (Å²) in [5, 5.41) is 33.5. The molecule has 0 aromatic heterocycles. The Labute approximate surface area is 179 Å². The predicted octanol–water partition coefficient (Wildman–Crippen LogP) is 0.451. The molecule has 0 aromatic carbocycles. The number of nitrogens with one attached hydrogen (secondary N) is 1. The summed E-state index contributed by atoms with van der Waals surface area (Å²) in [6, 6.07) is 0. The van der Waals surface area contributed by atoms with Gasteiger partial charge in [0.1, 0.15) is 18.3 Å². The summed E-state index contributed by atoms with van der Waals surface area (Å²) in [7, 11) is 1.27. The first-order valence-corrected chi connectivity index (χ1v) is 10.9. The van der Waals surface area contributed by atoms with Crippen LogP contribution in [0.15, 0.2) is 12.2 Å². The Hall–Kier alpha value is -1.48. The van der Waals surface area contributed by atoms with Gasteiger partial charge in [-0.2, -0.15) is 0 Å². The van der Waals surface area contributed by atoms with E-state index < -0.39 is 30.3 Å². The molecule has 0 bridgehead atoms. The number of aliphatic hydroxyl groups excluding tert-OH is 3. The van der Waals surface area contributed by atoms with E-state index in [4.69, 9.17) is 4.74 Å². The number of hydrogen-bond acceptors (Lipinski definition) is 6. The van der Waals surface area contributed by atoms with E-state index in [0.29, 0.717) is 13.1 Å². The smallest absolute Gasteiger partial charge is 0.251 e. The van der Waals surface area contributed by atoms with Crippen molar-refractivity contribution in [3.8, 4) is 0 Å². The SMILES string of the molecule is CO[C@@H](C(=O)NC[C@@H]1CCCN(C(=O)C2CC2)C1)[C@H](O)[C@@H](O)[C@H](O)/C=C/C(C)(C)C. The van der Waals surface area contributed by atoms with Gasteiger partial charge in [0.05, 0.1) is 0 Å². The molecule has 4 N–H and O–H groups in total. The van der Waals surface area contributed by atoms with Gasteiger partial charge in [0, 0.05) is 32.7 Å². The Morgan fingerprint density at radius 2 is 1.83 bits per heavy atom. The van der Waals surface area contributed by atoms with Gasteiger partial charge < -0.3 is 30.3 Å². The molecule has 0 unspecified atom stereocenters. The molecule has 2 rings (SSSR count). The quantitative estimate of drug-likeness (QED) is 0.398. The lowest BCUT2D eigenvalue weighted by Gasteiger charge is -2.33. The first-order chi connectivity index (χ1) is 14.0. The van der Waals surface area contributed by atoms with Crippen LogP contribution in [0, 0.1) is 17.3 Å². The molecule has 2 aliphatic rings. The van der Waals surface area contributed by atoms with Gasteiger partial charge in [-0.1, -0.05) is 32.9 Å². The molecule has 1 aliphatic carbocycles. The van der Waals surface area contributed by atoms with Crippen molar-refractivity contribution in [2.24, 2.45) is 17.3 Å². The highest BCUT2D eigenvalue weighted by molar-refractivity contribution is 5.82. The minimum Gasteiger partial charge on any atom is -0.387 e. The second-order valence-electron chi connectivity index (χ2n) is 9.67. The molecule has 8 nitrogen and oxygen atoms in total. The third-order valence-electron chi connectivity index (χ3n) is 5.64. The summed E-state index contributed by atoms with van der Waals surface area (Å²) in [6.45, 7) is 7.57. The number of rotatable bonds is 9. The fourth-order valence-corrected chi connectivity index (χ4v) is 3.65. The van der Waals surface area contributed by atoms with Crippen LogP contribution in [0.25, 0.3) is 0 Å². The number of methoxy groups -OCH3 is 1. The highest BCUT2D eigenvalue weighted by atomic mass is 16.5. The number of ether oxygens (including phenoxy) is 1. The second kappa shape index (κ2) is 10.7. The number of piperidine rings is 1. The molecule has 8 heteroatoms. The van der Waals surface area contributed by atoms with Gasteiger partial charge in [0.15, 0.2) is 6.10 Å². The van der Waals surface area contributed by atoms with Crippen molar-refractivity contribution in [2.75, 3.05) is 26.7 Å². The number of carbonyl (C=O) groups excluding carboxylic acids is 2. The van der Waals surface area contributed by atoms with Gasteiger partial charge in [-0.15, -0.1) is 0 Å². The van der Waals surface area contributed by atoms with Crippen LogP contribution in [-0.4, -0.2) is 83.2 Å². The summed E-state index contributed by atoms with van der Waals surface area (Å²) in [4.78, 5) is 26.7. The van der Waals surface area contributed by atoms with Gasteiger partial charge in [-0.25, -0.2) is 0 Å². The largest absolute Gasteiger partial charge is 0.387 e. The van der Waals surface area contributed by atoms with Crippen LogP contribution in [0.5, 0.6) is 0 Å². The van der Waals surface area contributed by atoms with Crippen molar-refractivity contribution in [1.82, 2.24) is 10.2 Å². The van der Waals surface area contributed by atoms with Crippen molar-refractivity contribution in [3.05, 3.63) is 12.2 Å². The van der Waals surface area contributed by atoms with Crippen molar-refractivity contribution < 1.29 is 29.6 Å². The molecule has 2 fully saturated rings. The van der Waals surface area contributed by atoms with E-state index in [9.17, 15) is 24.9 Å². The molecule has 0 spiro atoms. The van der Waals surface area contributed by atoms with E-state index in [-0.39, 0.29) is 23.2 Å². The second-order valence-corrected chi connectivity index (χ2v) is 9.67.